The molecule has 4 nitrogen and oxygen atoms in total. The zero-order valence-electron chi connectivity index (χ0n) is 12.3. The molecule has 0 atom stereocenters. The molecule has 2 aromatic rings. The molecule has 0 spiro atoms. The molecule has 0 unspecified atom stereocenters. The summed E-state index contributed by atoms with van der Waals surface area (Å²) < 4.78 is 16.0. The number of benzene rings is 2. The maximum Gasteiger partial charge on any atom is 0.164 e. The number of halogens is 1. The second-order valence-corrected chi connectivity index (χ2v) is 4.82. The monoisotopic (exact) mass is 307 g/mol. The lowest BCUT2D eigenvalue weighted by molar-refractivity contribution is 0.347. The van der Waals surface area contributed by atoms with Crippen LogP contribution in [0.15, 0.2) is 36.4 Å². The fraction of sp³-hybridized carbons (Fsp3) is 0.250. The first-order chi connectivity index (χ1) is 10.2. The van der Waals surface area contributed by atoms with Crippen LogP contribution in [-0.4, -0.2) is 21.3 Å². The molecule has 0 saturated heterocycles. The van der Waals surface area contributed by atoms with Gasteiger partial charge >= 0.3 is 0 Å². The van der Waals surface area contributed by atoms with Gasteiger partial charge in [0.1, 0.15) is 5.75 Å². The molecule has 0 amide bonds. The molecule has 1 N–H and O–H groups in total. The van der Waals surface area contributed by atoms with Crippen molar-refractivity contribution in [3.63, 3.8) is 0 Å². The van der Waals surface area contributed by atoms with Gasteiger partial charge < -0.3 is 19.5 Å². The molecule has 2 rings (SSSR count). The van der Waals surface area contributed by atoms with Crippen LogP contribution in [0.2, 0.25) is 5.02 Å². The summed E-state index contributed by atoms with van der Waals surface area (Å²) in [5, 5.41) is 4.00. The van der Waals surface area contributed by atoms with Gasteiger partial charge in [0.15, 0.2) is 11.5 Å². The van der Waals surface area contributed by atoms with E-state index >= 15 is 0 Å². The van der Waals surface area contributed by atoms with E-state index in [1.165, 1.54) is 0 Å². The Bertz CT molecular complexity index is 616. The van der Waals surface area contributed by atoms with E-state index in [2.05, 4.69) is 5.32 Å². The summed E-state index contributed by atoms with van der Waals surface area (Å²) in [6.45, 7) is 0.587. The smallest absolute Gasteiger partial charge is 0.164 e. The fourth-order valence-electron chi connectivity index (χ4n) is 2.03. The third-order valence-electron chi connectivity index (χ3n) is 3.09. The van der Waals surface area contributed by atoms with Crippen LogP contribution < -0.4 is 19.5 Å². The molecule has 21 heavy (non-hydrogen) atoms. The molecule has 0 aliphatic carbocycles. The summed E-state index contributed by atoms with van der Waals surface area (Å²) in [4.78, 5) is 0. The lowest BCUT2D eigenvalue weighted by Gasteiger charge is -2.15. The quantitative estimate of drug-likeness (QED) is 0.876. The van der Waals surface area contributed by atoms with Gasteiger partial charge in [0.2, 0.25) is 0 Å². The minimum atomic E-state index is 0.587. The molecule has 0 heterocycles. The van der Waals surface area contributed by atoms with E-state index in [0.717, 1.165) is 17.0 Å². The highest BCUT2D eigenvalue weighted by Crippen LogP contribution is 2.35. The number of anilines is 1. The number of hydrogen-bond donors (Lipinski definition) is 1. The average molecular weight is 308 g/mol. The molecule has 0 radical (unpaired) electrons. The van der Waals surface area contributed by atoms with Crippen molar-refractivity contribution in [2.45, 2.75) is 6.54 Å². The first-order valence-electron chi connectivity index (χ1n) is 6.46. The van der Waals surface area contributed by atoms with E-state index in [-0.39, 0.29) is 0 Å². The van der Waals surface area contributed by atoms with Crippen LogP contribution in [0.25, 0.3) is 0 Å². The third kappa shape index (κ3) is 3.73. The number of ether oxygens (including phenoxy) is 3. The molecule has 0 fully saturated rings. The number of methoxy groups -OCH3 is 3. The fourth-order valence-corrected chi connectivity index (χ4v) is 2.22. The van der Waals surface area contributed by atoms with E-state index in [4.69, 9.17) is 25.8 Å². The summed E-state index contributed by atoms with van der Waals surface area (Å²) in [5.74, 6) is 2.05. The van der Waals surface area contributed by atoms with Gasteiger partial charge in [-0.05, 0) is 24.3 Å². The Labute approximate surface area is 129 Å². The van der Waals surface area contributed by atoms with E-state index in [0.29, 0.717) is 23.1 Å². The summed E-state index contributed by atoms with van der Waals surface area (Å²) >= 11 is 5.97. The molecule has 0 aliphatic rings. The number of rotatable bonds is 6. The Morgan fingerprint density at radius 1 is 0.905 bits per heavy atom. The summed E-state index contributed by atoms with van der Waals surface area (Å²) in [6, 6.07) is 11.3. The average Bonchev–Trinajstić information content (AvgIpc) is 2.52. The summed E-state index contributed by atoms with van der Waals surface area (Å²) in [6.07, 6.45) is 0. The molecule has 5 heteroatoms. The first-order valence-corrected chi connectivity index (χ1v) is 6.84. The lowest BCUT2D eigenvalue weighted by Crippen LogP contribution is -2.03. The predicted molar refractivity (Wildman–Crippen MR) is 84.9 cm³/mol. The second kappa shape index (κ2) is 7.09. The first kappa shape index (κ1) is 15.3. The highest BCUT2D eigenvalue weighted by Gasteiger charge is 2.11. The summed E-state index contributed by atoms with van der Waals surface area (Å²) in [7, 11) is 4.84. The maximum absolute atomic E-state index is 5.97. The Morgan fingerprint density at radius 2 is 1.57 bits per heavy atom. The molecule has 112 valence electrons. The van der Waals surface area contributed by atoms with Gasteiger partial charge in [-0.3, -0.25) is 0 Å². The maximum atomic E-state index is 5.97. The van der Waals surface area contributed by atoms with Gasteiger partial charge in [-0.1, -0.05) is 17.7 Å². The van der Waals surface area contributed by atoms with Crippen molar-refractivity contribution in [3.8, 4) is 17.2 Å². The van der Waals surface area contributed by atoms with Crippen LogP contribution in [0, 0.1) is 0 Å². The standard InChI is InChI=1S/C16H18ClNO3/c1-19-14-9-16(21-3)15(20-2)7-11(14)10-18-13-6-4-5-12(17)8-13/h4-9,18H,10H2,1-3H3. The van der Waals surface area contributed by atoms with E-state index in [9.17, 15) is 0 Å². The van der Waals surface area contributed by atoms with Gasteiger partial charge in [0.25, 0.3) is 0 Å². The van der Waals surface area contributed by atoms with Crippen molar-refractivity contribution >= 4 is 17.3 Å². The van der Waals surface area contributed by atoms with Crippen molar-refractivity contribution in [3.05, 3.63) is 47.0 Å². The van der Waals surface area contributed by atoms with Crippen LogP contribution in [-0.2, 0) is 6.54 Å². The molecule has 0 aliphatic heterocycles. The molecule has 0 aromatic heterocycles. The second-order valence-electron chi connectivity index (χ2n) is 4.38. The number of hydrogen-bond acceptors (Lipinski definition) is 4. The van der Waals surface area contributed by atoms with E-state index < -0.39 is 0 Å². The van der Waals surface area contributed by atoms with Gasteiger partial charge in [-0.2, -0.15) is 0 Å². The van der Waals surface area contributed by atoms with Crippen molar-refractivity contribution in [2.24, 2.45) is 0 Å². The third-order valence-corrected chi connectivity index (χ3v) is 3.33. The largest absolute Gasteiger partial charge is 0.496 e. The van der Waals surface area contributed by atoms with Crippen LogP contribution in [0.3, 0.4) is 0 Å². The Morgan fingerprint density at radius 3 is 2.19 bits per heavy atom. The van der Waals surface area contributed by atoms with E-state index in [1.54, 1.807) is 21.3 Å². The zero-order chi connectivity index (χ0) is 15.2. The minimum Gasteiger partial charge on any atom is -0.496 e. The molecule has 0 saturated carbocycles. The van der Waals surface area contributed by atoms with Crippen molar-refractivity contribution < 1.29 is 14.2 Å². The SMILES string of the molecule is COc1cc(OC)c(OC)cc1CNc1cccc(Cl)c1. The zero-order valence-corrected chi connectivity index (χ0v) is 13.0. The van der Waals surface area contributed by atoms with Gasteiger partial charge in [0, 0.05) is 28.9 Å². The lowest BCUT2D eigenvalue weighted by atomic mass is 10.1. The molecular weight excluding hydrogens is 290 g/mol. The highest BCUT2D eigenvalue weighted by molar-refractivity contribution is 6.30. The van der Waals surface area contributed by atoms with Gasteiger partial charge in [-0.25, -0.2) is 0 Å². The van der Waals surface area contributed by atoms with Crippen molar-refractivity contribution in [1.29, 1.82) is 0 Å². The van der Waals surface area contributed by atoms with Crippen LogP contribution >= 0.6 is 11.6 Å². The van der Waals surface area contributed by atoms with Crippen LogP contribution in [0.1, 0.15) is 5.56 Å². The van der Waals surface area contributed by atoms with Crippen LogP contribution in [0.5, 0.6) is 17.2 Å². The molecular formula is C16H18ClNO3. The Hall–Kier alpha value is -2.07. The van der Waals surface area contributed by atoms with Crippen molar-refractivity contribution in [1.82, 2.24) is 0 Å². The normalized spacial score (nSPS) is 10.1. The van der Waals surface area contributed by atoms with Gasteiger partial charge in [0.05, 0.1) is 21.3 Å². The van der Waals surface area contributed by atoms with Crippen molar-refractivity contribution in [2.75, 3.05) is 26.6 Å². The van der Waals surface area contributed by atoms with E-state index in [1.807, 2.05) is 36.4 Å². The molecule has 0 bridgehead atoms. The topological polar surface area (TPSA) is 39.7 Å². The minimum absolute atomic E-state index is 0.587. The number of nitrogens with one attached hydrogen (secondary N) is 1. The highest BCUT2D eigenvalue weighted by atomic mass is 35.5. The molecule has 2 aromatic carbocycles. The Kier molecular flexibility index (Phi) is 5.17. The Balaban J connectivity index is 2.22. The predicted octanol–water partition coefficient (Wildman–Crippen LogP) is 3.98. The van der Waals surface area contributed by atoms with Gasteiger partial charge in [-0.15, -0.1) is 0 Å². The summed E-state index contributed by atoms with van der Waals surface area (Å²) in [5.41, 5.74) is 1.91. The van der Waals surface area contributed by atoms with Crippen LogP contribution in [0.4, 0.5) is 5.69 Å².